The van der Waals surface area contributed by atoms with Gasteiger partial charge in [0, 0.05) is 10.4 Å². The van der Waals surface area contributed by atoms with Gasteiger partial charge in [-0.3, -0.25) is 0 Å². The fourth-order valence-corrected chi connectivity index (χ4v) is 7.44. The van der Waals surface area contributed by atoms with Gasteiger partial charge in [0.05, 0.1) is 22.3 Å². The first kappa shape index (κ1) is 20.7. The Labute approximate surface area is 174 Å². The smallest absolute Gasteiger partial charge is 0.118 e. The van der Waals surface area contributed by atoms with Crippen LogP contribution in [0.15, 0.2) is 54.6 Å². The van der Waals surface area contributed by atoms with Crippen LogP contribution in [-0.4, -0.2) is 22.3 Å². The maximum Gasteiger partial charge on any atom is 0.118 e. The Bertz CT molecular complexity index is 867. The number of methoxy groups -OCH3 is 2. The SMILES string of the molecule is COc1ccc(-c2cc([Si](C)(C)C(C)(C)C)sc2-c2ccc(OC)cc2)cc1. The summed E-state index contributed by atoms with van der Waals surface area (Å²) < 4.78 is 12.2. The molecule has 1 heterocycles. The summed E-state index contributed by atoms with van der Waals surface area (Å²) in [7, 11) is 1.79. The maximum absolute atomic E-state index is 5.35. The molecule has 2 nitrogen and oxygen atoms in total. The fourth-order valence-electron chi connectivity index (χ4n) is 3.01. The number of ether oxygens (including phenoxy) is 2. The second-order valence-corrected chi connectivity index (χ2v) is 15.4. The first-order chi connectivity index (χ1) is 13.2. The van der Waals surface area contributed by atoms with E-state index in [0.717, 1.165) is 11.5 Å². The normalized spacial score (nSPS) is 12.1. The molecule has 4 heteroatoms. The van der Waals surface area contributed by atoms with Crippen LogP contribution in [0, 0.1) is 0 Å². The van der Waals surface area contributed by atoms with E-state index < -0.39 is 8.07 Å². The van der Waals surface area contributed by atoms with E-state index in [0.29, 0.717) is 5.04 Å². The Morgan fingerprint density at radius 3 is 1.64 bits per heavy atom. The van der Waals surface area contributed by atoms with Crippen molar-refractivity contribution >= 4 is 23.9 Å². The van der Waals surface area contributed by atoms with E-state index in [2.05, 4.69) is 64.2 Å². The van der Waals surface area contributed by atoms with Crippen molar-refractivity contribution in [3.8, 4) is 33.1 Å². The van der Waals surface area contributed by atoms with Crippen molar-refractivity contribution in [3.05, 3.63) is 54.6 Å². The summed E-state index contributed by atoms with van der Waals surface area (Å²) in [6.45, 7) is 12.1. The van der Waals surface area contributed by atoms with Gasteiger partial charge in [0.2, 0.25) is 0 Å². The molecule has 0 aliphatic rings. The minimum Gasteiger partial charge on any atom is -0.497 e. The number of benzene rings is 2. The van der Waals surface area contributed by atoms with Crippen molar-refractivity contribution in [2.24, 2.45) is 0 Å². The molecule has 0 fully saturated rings. The van der Waals surface area contributed by atoms with Gasteiger partial charge in [0.15, 0.2) is 0 Å². The third kappa shape index (κ3) is 3.89. The average molecular weight is 411 g/mol. The van der Waals surface area contributed by atoms with Gasteiger partial charge in [-0.25, -0.2) is 0 Å². The van der Waals surface area contributed by atoms with E-state index >= 15 is 0 Å². The molecule has 0 atom stereocenters. The van der Waals surface area contributed by atoms with Gasteiger partial charge in [0.25, 0.3) is 0 Å². The molecule has 0 saturated carbocycles. The van der Waals surface area contributed by atoms with Crippen LogP contribution < -0.4 is 14.0 Å². The first-order valence-electron chi connectivity index (χ1n) is 9.60. The lowest BCUT2D eigenvalue weighted by Gasteiger charge is -2.36. The standard InChI is InChI=1S/C24H30O2SSi/c1-24(2,3)28(6,7)22-16-21(17-8-12-19(25-4)13-9-17)23(27-22)18-10-14-20(26-5)15-11-18/h8-16H,1-7H3. The Morgan fingerprint density at radius 2 is 1.21 bits per heavy atom. The summed E-state index contributed by atoms with van der Waals surface area (Å²) in [5.74, 6) is 1.77. The average Bonchev–Trinajstić information content (AvgIpc) is 3.13. The Balaban J connectivity index is 2.17. The molecule has 0 saturated heterocycles. The van der Waals surface area contributed by atoms with Crippen LogP contribution in [0.4, 0.5) is 0 Å². The predicted octanol–water partition coefficient (Wildman–Crippen LogP) is 6.81. The zero-order valence-corrected chi connectivity index (χ0v) is 19.7. The number of hydrogen-bond donors (Lipinski definition) is 0. The monoisotopic (exact) mass is 410 g/mol. The van der Waals surface area contributed by atoms with E-state index in [4.69, 9.17) is 9.47 Å². The highest BCUT2D eigenvalue weighted by Crippen LogP contribution is 2.42. The van der Waals surface area contributed by atoms with E-state index in [1.165, 1.54) is 26.1 Å². The van der Waals surface area contributed by atoms with Crippen molar-refractivity contribution in [3.63, 3.8) is 0 Å². The summed E-state index contributed by atoms with van der Waals surface area (Å²) in [6, 6.07) is 19.2. The lowest BCUT2D eigenvalue weighted by Crippen LogP contribution is -2.47. The van der Waals surface area contributed by atoms with Gasteiger partial charge in [0.1, 0.15) is 11.5 Å². The summed E-state index contributed by atoms with van der Waals surface area (Å²) in [4.78, 5) is 1.33. The third-order valence-corrected chi connectivity index (χ3v) is 13.9. The Hall–Kier alpha value is -2.04. The van der Waals surface area contributed by atoms with Crippen LogP contribution in [0.25, 0.3) is 21.6 Å². The van der Waals surface area contributed by atoms with Gasteiger partial charge < -0.3 is 9.47 Å². The van der Waals surface area contributed by atoms with Gasteiger partial charge in [-0.1, -0.05) is 46.0 Å². The highest BCUT2D eigenvalue weighted by molar-refractivity contribution is 7.29. The molecule has 0 amide bonds. The van der Waals surface area contributed by atoms with Gasteiger partial charge >= 0.3 is 0 Å². The molecule has 0 aliphatic carbocycles. The van der Waals surface area contributed by atoms with Gasteiger partial charge in [-0.2, -0.15) is 0 Å². The highest BCUT2D eigenvalue weighted by Gasteiger charge is 2.38. The lowest BCUT2D eigenvalue weighted by atomic mass is 10.0. The van der Waals surface area contributed by atoms with Gasteiger partial charge in [-0.15, -0.1) is 11.3 Å². The van der Waals surface area contributed by atoms with Crippen molar-refractivity contribution in [2.75, 3.05) is 14.2 Å². The Kier molecular flexibility index (Phi) is 5.73. The minimum absolute atomic E-state index is 0.298. The molecule has 0 radical (unpaired) electrons. The molecule has 3 aromatic rings. The van der Waals surface area contributed by atoms with Crippen LogP contribution in [0.1, 0.15) is 20.8 Å². The van der Waals surface area contributed by atoms with Crippen molar-refractivity contribution < 1.29 is 9.47 Å². The number of thiophene rings is 1. The molecule has 0 bridgehead atoms. The van der Waals surface area contributed by atoms with Crippen LogP contribution in [0.5, 0.6) is 11.5 Å². The van der Waals surface area contributed by atoms with Crippen LogP contribution in [0.3, 0.4) is 0 Å². The molecule has 3 rings (SSSR count). The highest BCUT2D eigenvalue weighted by atomic mass is 32.1. The van der Waals surface area contributed by atoms with Crippen LogP contribution >= 0.6 is 11.3 Å². The van der Waals surface area contributed by atoms with E-state index in [-0.39, 0.29) is 0 Å². The van der Waals surface area contributed by atoms with E-state index in [1.807, 2.05) is 35.6 Å². The van der Waals surface area contributed by atoms with Crippen LogP contribution in [0.2, 0.25) is 18.1 Å². The molecule has 0 unspecified atom stereocenters. The lowest BCUT2D eigenvalue weighted by molar-refractivity contribution is 0.414. The molecule has 0 aliphatic heterocycles. The first-order valence-corrected chi connectivity index (χ1v) is 13.4. The molecule has 1 aromatic heterocycles. The summed E-state index contributed by atoms with van der Waals surface area (Å²) in [5.41, 5.74) is 3.77. The fraction of sp³-hybridized carbons (Fsp3) is 0.333. The second kappa shape index (κ2) is 7.76. The zero-order chi connectivity index (χ0) is 20.5. The summed E-state index contributed by atoms with van der Waals surface area (Å²) in [5, 5.41) is 0.298. The van der Waals surface area contributed by atoms with Crippen molar-refractivity contribution in [1.29, 1.82) is 0 Å². The molecule has 0 N–H and O–H groups in total. The third-order valence-electron chi connectivity index (χ3n) is 5.98. The molecular formula is C24H30O2SSi. The molecule has 148 valence electrons. The zero-order valence-electron chi connectivity index (χ0n) is 17.9. The summed E-state index contributed by atoms with van der Waals surface area (Å²) in [6.07, 6.45) is 0. The molecule has 28 heavy (non-hydrogen) atoms. The van der Waals surface area contributed by atoms with E-state index in [9.17, 15) is 0 Å². The van der Waals surface area contributed by atoms with Gasteiger partial charge in [-0.05, 0) is 63.1 Å². The number of hydrogen-bond acceptors (Lipinski definition) is 3. The quantitative estimate of drug-likeness (QED) is 0.430. The topological polar surface area (TPSA) is 18.5 Å². The second-order valence-electron chi connectivity index (χ2n) is 8.69. The largest absolute Gasteiger partial charge is 0.497 e. The molecule has 2 aromatic carbocycles. The van der Waals surface area contributed by atoms with Crippen molar-refractivity contribution in [2.45, 2.75) is 38.9 Å². The maximum atomic E-state index is 5.35. The molecule has 0 spiro atoms. The van der Waals surface area contributed by atoms with E-state index in [1.54, 1.807) is 14.2 Å². The predicted molar refractivity (Wildman–Crippen MR) is 125 cm³/mol. The Morgan fingerprint density at radius 1 is 0.750 bits per heavy atom. The van der Waals surface area contributed by atoms with Crippen LogP contribution in [-0.2, 0) is 0 Å². The number of rotatable bonds is 5. The summed E-state index contributed by atoms with van der Waals surface area (Å²) >= 11 is 1.95. The minimum atomic E-state index is -1.62. The van der Waals surface area contributed by atoms with Crippen molar-refractivity contribution in [1.82, 2.24) is 0 Å². The molecular weight excluding hydrogens is 380 g/mol.